The molecule has 7 rings (SSSR count). The Morgan fingerprint density at radius 1 is 0.692 bits per heavy atom. The average molecular weight is 517 g/mol. The predicted octanol–water partition coefficient (Wildman–Crippen LogP) is 6.05. The molecule has 0 saturated heterocycles. The number of ether oxygens (including phenoxy) is 4. The third kappa shape index (κ3) is 4.05. The third-order valence-electron chi connectivity index (χ3n) is 7.37. The molecule has 0 bridgehead atoms. The van der Waals surface area contributed by atoms with Crippen molar-refractivity contribution in [2.24, 2.45) is 0 Å². The van der Waals surface area contributed by atoms with Gasteiger partial charge in [0.05, 0.1) is 18.1 Å². The molecule has 192 valence electrons. The molecule has 0 fully saturated rings. The lowest BCUT2D eigenvalue weighted by molar-refractivity contribution is 0.0697. The number of carbonyl (C=O) groups excluding carboxylic acids is 2. The molecule has 0 spiro atoms. The van der Waals surface area contributed by atoms with Crippen LogP contribution in [0, 0.1) is 0 Å². The molecule has 0 saturated carbocycles. The zero-order valence-corrected chi connectivity index (χ0v) is 21.0. The van der Waals surface area contributed by atoms with Gasteiger partial charge in [-0.25, -0.2) is 0 Å². The van der Waals surface area contributed by atoms with Crippen molar-refractivity contribution in [1.29, 1.82) is 0 Å². The fourth-order valence-corrected chi connectivity index (χ4v) is 5.41. The van der Waals surface area contributed by atoms with Crippen molar-refractivity contribution < 1.29 is 28.5 Å². The van der Waals surface area contributed by atoms with Crippen LogP contribution >= 0.6 is 0 Å². The van der Waals surface area contributed by atoms with E-state index in [4.69, 9.17) is 18.9 Å². The van der Waals surface area contributed by atoms with Gasteiger partial charge in [-0.3, -0.25) is 9.59 Å². The van der Waals surface area contributed by atoms with Gasteiger partial charge in [0, 0.05) is 22.8 Å². The number of carbonyl (C=O) groups is 2. The summed E-state index contributed by atoms with van der Waals surface area (Å²) in [6.45, 7) is 0.947. The lowest BCUT2D eigenvalue weighted by Gasteiger charge is -2.31. The first-order chi connectivity index (χ1) is 19.2. The Morgan fingerprint density at radius 2 is 1.26 bits per heavy atom. The van der Waals surface area contributed by atoms with Crippen LogP contribution in [-0.4, -0.2) is 24.3 Å². The summed E-state index contributed by atoms with van der Waals surface area (Å²) in [7, 11) is 0. The second-order valence-electron chi connectivity index (χ2n) is 9.79. The van der Waals surface area contributed by atoms with Crippen molar-refractivity contribution in [2.45, 2.75) is 25.2 Å². The van der Waals surface area contributed by atoms with Crippen molar-refractivity contribution in [1.82, 2.24) is 0 Å². The van der Waals surface area contributed by atoms with E-state index in [-0.39, 0.29) is 35.4 Å². The van der Waals surface area contributed by atoms with Crippen molar-refractivity contribution in [3.05, 3.63) is 136 Å². The molecule has 6 nitrogen and oxygen atoms in total. The van der Waals surface area contributed by atoms with Crippen LogP contribution in [0.25, 0.3) is 0 Å². The smallest absolute Gasteiger partial charge is 0.228 e. The molecule has 0 aromatic heterocycles. The molecule has 0 radical (unpaired) electrons. The van der Waals surface area contributed by atoms with Gasteiger partial charge in [-0.05, 0) is 17.2 Å². The largest absolute Gasteiger partial charge is 0.488 e. The maximum atomic E-state index is 13.5. The summed E-state index contributed by atoms with van der Waals surface area (Å²) in [5, 5.41) is 0. The second-order valence-corrected chi connectivity index (χ2v) is 9.79. The summed E-state index contributed by atoms with van der Waals surface area (Å²) < 4.78 is 24.8. The van der Waals surface area contributed by atoms with Crippen LogP contribution in [0.1, 0.15) is 43.3 Å². The van der Waals surface area contributed by atoms with Gasteiger partial charge in [-0.15, -0.1) is 0 Å². The van der Waals surface area contributed by atoms with Gasteiger partial charge in [0.1, 0.15) is 25.1 Å². The molecule has 6 heteroatoms. The highest BCUT2D eigenvalue weighted by molar-refractivity contribution is 6.26. The van der Waals surface area contributed by atoms with Crippen LogP contribution < -0.4 is 14.2 Å². The summed E-state index contributed by atoms with van der Waals surface area (Å²) in [6, 6.07) is 30.4. The molecule has 2 heterocycles. The van der Waals surface area contributed by atoms with E-state index in [9.17, 15) is 9.59 Å². The normalized spacial score (nSPS) is 18.8. The average Bonchev–Trinajstić information content (AvgIpc) is 3.35. The first-order valence-corrected chi connectivity index (χ1v) is 12.9. The highest BCUT2D eigenvalue weighted by Crippen LogP contribution is 2.50. The second kappa shape index (κ2) is 9.48. The lowest BCUT2D eigenvalue weighted by Crippen LogP contribution is -2.39. The van der Waals surface area contributed by atoms with Crippen molar-refractivity contribution in [3.63, 3.8) is 0 Å². The maximum Gasteiger partial charge on any atom is 0.228 e. The molecule has 2 aliphatic heterocycles. The first kappa shape index (κ1) is 23.3. The molecule has 1 aliphatic carbocycles. The third-order valence-corrected chi connectivity index (χ3v) is 7.37. The number of ketones is 2. The van der Waals surface area contributed by atoms with Gasteiger partial charge >= 0.3 is 0 Å². The highest BCUT2D eigenvalue weighted by Gasteiger charge is 2.49. The number of allylic oxidation sites excluding steroid dienone is 1. The fourth-order valence-electron chi connectivity index (χ4n) is 5.41. The Labute approximate surface area is 225 Å². The van der Waals surface area contributed by atoms with Gasteiger partial charge in [0.25, 0.3) is 0 Å². The Balaban J connectivity index is 1.23. The molecule has 39 heavy (non-hydrogen) atoms. The van der Waals surface area contributed by atoms with Crippen LogP contribution in [0.2, 0.25) is 0 Å². The number of hydrogen-bond donors (Lipinski definition) is 0. The Kier molecular flexibility index (Phi) is 5.66. The van der Waals surface area contributed by atoms with Gasteiger partial charge in [0.15, 0.2) is 23.0 Å². The molecule has 0 N–H and O–H groups in total. The van der Waals surface area contributed by atoms with Gasteiger partial charge < -0.3 is 18.9 Å². The summed E-state index contributed by atoms with van der Waals surface area (Å²) in [5.41, 5.74) is 3.94. The number of benzene rings is 4. The van der Waals surface area contributed by atoms with E-state index >= 15 is 0 Å². The number of fused-ring (bicyclic) bond motifs is 5. The first-order valence-electron chi connectivity index (χ1n) is 12.9. The van der Waals surface area contributed by atoms with E-state index in [1.54, 1.807) is 24.3 Å². The summed E-state index contributed by atoms with van der Waals surface area (Å²) >= 11 is 0. The minimum absolute atomic E-state index is 0.0915. The predicted molar refractivity (Wildman–Crippen MR) is 143 cm³/mol. The van der Waals surface area contributed by atoms with E-state index in [0.29, 0.717) is 41.6 Å². The zero-order chi connectivity index (χ0) is 26.3. The lowest BCUT2D eigenvalue weighted by atomic mass is 9.80. The van der Waals surface area contributed by atoms with Crippen molar-refractivity contribution >= 4 is 11.6 Å². The minimum atomic E-state index is -0.625. The molecular formula is C33H24O6. The monoisotopic (exact) mass is 516 g/mol. The molecule has 4 aromatic carbocycles. The van der Waals surface area contributed by atoms with Gasteiger partial charge in [-0.2, -0.15) is 0 Å². The Bertz CT molecular complexity index is 1620. The van der Waals surface area contributed by atoms with Crippen LogP contribution in [0.5, 0.6) is 17.2 Å². The number of hydrogen-bond acceptors (Lipinski definition) is 6. The van der Waals surface area contributed by atoms with Crippen molar-refractivity contribution in [2.75, 3.05) is 6.61 Å². The van der Waals surface area contributed by atoms with Crippen LogP contribution in [0.15, 0.2) is 108 Å². The maximum absolute atomic E-state index is 13.5. The Hall–Kier alpha value is -4.84. The van der Waals surface area contributed by atoms with E-state index in [0.717, 1.165) is 16.7 Å². The quantitative estimate of drug-likeness (QED) is 0.311. The summed E-state index contributed by atoms with van der Waals surface area (Å²) in [6.07, 6.45) is -0.625. The van der Waals surface area contributed by atoms with Crippen LogP contribution in [0.3, 0.4) is 0 Å². The molecule has 3 aliphatic rings. The Morgan fingerprint density at radius 3 is 1.90 bits per heavy atom. The highest BCUT2D eigenvalue weighted by atomic mass is 16.5. The van der Waals surface area contributed by atoms with E-state index < -0.39 is 6.10 Å². The molecule has 2 atom stereocenters. The van der Waals surface area contributed by atoms with Gasteiger partial charge in [-0.1, -0.05) is 84.9 Å². The summed E-state index contributed by atoms with van der Waals surface area (Å²) in [5.74, 6) is 1.03. The minimum Gasteiger partial charge on any atom is -0.488 e. The van der Waals surface area contributed by atoms with Crippen LogP contribution in [-0.2, 0) is 18.0 Å². The molecule has 0 unspecified atom stereocenters. The molecule has 0 amide bonds. The SMILES string of the molecule is O=C1C2=C(C(=O)c3ccccc31)[C@H]1Oc3cc(OCc4ccccc4)c(OCc4ccccc4)cc3[C@H]1CO2. The van der Waals surface area contributed by atoms with E-state index in [1.165, 1.54) is 0 Å². The number of rotatable bonds is 6. The van der Waals surface area contributed by atoms with E-state index in [1.807, 2.05) is 72.8 Å². The topological polar surface area (TPSA) is 71.1 Å². The molecule has 4 aromatic rings. The van der Waals surface area contributed by atoms with Crippen molar-refractivity contribution in [3.8, 4) is 17.2 Å². The fraction of sp³-hybridized carbons (Fsp3) is 0.152. The zero-order valence-electron chi connectivity index (χ0n) is 21.0. The standard InChI is InChI=1S/C33H24O6/c34-30-22-13-7-8-14-23(22)31(35)33-29(30)32-25(19-38-33)24-15-27(36-17-20-9-3-1-4-10-20)28(16-26(24)39-32)37-18-21-11-5-2-6-12-21/h1-16,25,32H,17-19H2/t25-,32+/m1/s1. The van der Waals surface area contributed by atoms with Crippen LogP contribution in [0.4, 0.5) is 0 Å². The van der Waals surface area contributed by atoms with E-state index in [2.05, 4.69) is 0 Å². The molecular weight excluding hydrogens is 492 g/mol. The number of Topliss-reactive ketones (excluding diaryl/α,β-unsaturated/α-hetero) is 2. The van der Waals surface area contributed by atoms with Gasteiger partial charge in [0.2, 0.25) is 5.78 Å². The summed E-state index contributed by atoms with van der Waals surface area (Å²) in [4.78, 5) is 26.7.